The Morgan fingerprint density at radius 2 is 1.76 bits per heavy atom. The molecule has 0 saturated heterocycles. The van der Waals surface area contributed by atoms with E-state index in [9.17, 15) is 4.79 Å². The van der Waals surface area contributed by atoms with Gasteiger partial charge in [-0.15, -0.1) is 0 Å². The molecule has 0 aliphatic heterocycles. The number of hydrogen-bond acceptors (Lipinski definition) is 5. The highest BCUT2D eigenvalue weighted by Crippen LogP contribution is 2.38. The molecular weight excluding hydrogens is 272 g/mol. The first-order valence-electron chi connectivity index (χ1n) is 6.84. The second kappa shape index (κ2) is 8.36. The van der Waals surface area contributed by atoms with Crippen LogP contribution in [0.2, 0.25) is 0 Å². The van der Waals surface area contributed by atoms with Crippen LogP contribution >= 0.6 is 0 Å². The van der Waals surface area contributed by atoms with E-state index < -0.39 is 0 Å². The molecule has 3 N–H and O–H groups in total. The molecule has 1 unspecified atom stereocenters. The van der Waals surface area contributed by atoms with Crippen LogP contribution in [-0.4, -0.2) is 33.8 Å². The molecule has 118 valence electrons. The summed E-state index contributed by atoms with van der Waals surface area (Å²) in [5.74, 6) is 1.55. The molecule has 0 radical (unpaired) electrons. The first-order chi connectivity index (χ1) is 10.1. The number of methoxy groups -OCH3 is 3. The largest absolute Gasteiger partial charge is 0.493 e. The number of hydrogen-bond donors (Lipinski definition) is 2. The van der Waals surface area contributed by atoms with E-state index in [2.05, 4.69) is 5.32 Å². The Kier molecular flexibility index (Phi) is 6.81. The summed E-state index contributed by atoms with van der Waals surface area (Å²) in [5.41, 5.74) is 6.33. The molecule has 0 aliphatic rings. The molecule has 0 saturated carbocycles. The van der Waals surface area contributed by atoms with Crippen molar-refractivity contribution in [2.24, 2.45) is 11.7 Å². The molecule has 0 aromatic heterocycles. The van der Waals surface area contributed by atoms with E-state index >= 15 is 0 Å². The molecule has 0 bridgehead atoms. The van der Waals surface area contributed by atoms with Crippen molar-refractivity contribution in [3.63, 3.8) is 0 Å². The Hall–Kier alpha value is -1.95. The summed E-state index contributed by atoms with van der Waals surface area (Å²) in [6.45, 7) is 2.75. The molecule has 1 amide bonds. The van der Waals surface area contributed by atoms with Gasteiger partial charge in [-0.2, -0.15) is 0 Å². The second-order valence-electron chi connectivity index (χ2n) is 4.73. The predicted molar refractivity (Wildman–Crippen MR) is 80.8 cm³/mol. The summed E-state index contributed by atoms with van der Waals surface area (Å²) in [4.78, 5) is 11.9. The van der Waals surface area contributed by atoms with Crippen molar-refractivity contribution in [3.8, 4) is 17.2 Å². The van der Waals surface area contributed by atoms with Gasteiger partial charge >= 0.3 is 0 Å². The Bertz CT molecular complexity index is 452. The Morgan fingerprint density at radius 1 is 1.19 bits per heavy atom. The van der Waals surface area contributed by atoms with E-state index in [-0.39, 0.29) is 11.8 Å². The lowest BCUT2D eigenvalue weighted by atomic mass is 10.1. The second-order valence-corrected chi connectivity index (χ2v) is 4.73. The van der Waals surface area contributed by atoms with Crippen molar-refractivity contribution >= 4 is 5.91 Å². The molecule has 6 nitrogen and oxygen atoms in total. The molecular formula is C15H24N2O4. The molecule has 0 fully saturated rings. The highest BCUT2D eigenvalue weighted by Gasteiger charge is 2.15. The van der Waals surface area contributed by atoms with Crippen LogP contribution < -0.4 is 25.3 Å². The van der Waals surface area contributed by atoms with E-state index in [1.807, 2.05) is 19.1 Å². The zero-order valence-electron chi connectivity index (χ0n) is 13.1. The minimum Gasteiger partial charge on any atom is -0.493 e. The summed E-state index contributed by atoms with van der Waals surface area (Å²) >= 11 is 0. The summed E-state index contributed by atoms with van der Waals surface area (Å²) in [6.07, 6.45) is 0.668. The van der Waals surface area contributed by atoms with Gasteiger partial charge < -0.3 is 25.3 Å². The first-order valence-corrected chi connectivity index (χ1v) is 6.84. The van der Waals surface area contributed by atoms with Gasteiger partial charge in [0.2, 0.25) is 11.7 Å². The SMILES string of the molecule is COc1cc(CNC(=O)C(C)CCN)cc(OC)c1OC. The quantitative estimate of drug-likeness (QED) is 0.756. The molecule has 1 atom stereocenters. The lowest BCUT2D eigenvalue weighted by Crippen LogP contribution is -2.29. The Balaban J connectivity index is 2.82. The van der Waals surface area contributed by atoms with Crippen molar-refractivity contribution in [2.45, 2.75) is 19.9 Å². The summed E-state index contributed by atoms with van der Waals surface area (Å²) in [6, 6.07) is 3.63. The molecule has 0 heterocycles. The van der Waals surface area contributed by atoms with Gasteiger partial charge in [0.15, 0.2) is 11.5 Å². The van der Waals surface area contributed by atoms with Gasteiger partial charge in [-0.1, -0.05) is 6.92 Å². The Morgan fingerprint density at radius 3 is 2.19 bits per heavy atom. The third-order valence-electron chi connectivity index (χ3n) is 3.24. The average Bonchev–Trinajstić information content (AvgIpc) is 2.51. The van der Waals surface area contributed by atoms with Crippen LogP contribution in [0.3, 0.4) is 0 Å². The van der Waals surface area contributed by atoms with Crippen molar-refractivity contribution in [3.05, 3.63) is 17.7 Å². The highest BCUT2D eigenvalue weighted by atomic mass is 16.5. The molecule has 6 heteroatoms. The lowest BCUT2D eigenvalue weighted by Gasteiger charge is -2.15. The zero-order valence-corrected chi connectivity index (χ0v) is 13.1. The average molecular weight is 296 g/mol. The van der Waals surface area contributed by atoms with Gasteiger partial charge in [0.25, 0.3) is 0 Å². The van der Waals surface area contributed by atoms with Gasteiger partial charge in [-0.05, 0) is 30.7 Å². The Labute approximate surface area is 125 Å². The first kappa shape index (κ1) is 17.1. The minimum atomic E-state index is -0.1000. The van der Waals surface area contributed by atoms with Crippen LogP contribution in [0.1, 0.15) is 18.9 Å². The minimum absolute atomic E-state index is 0.0193. The number of rotatable bonds is 8. The van der Waals surface area contributed by atoms with E-state index in [0.29, 0.717) is 36.8 Å². The number of amides is 1. The van der Waals surface area contributed by atoms with Gasteiger partial charge in [0, 0.05) is 12.5 Å². The third-order valence-corrected chi connectivity index (χ3v) is 3.24. The zero-order chi connectivity index (χ0) is 15.8. The number of carbonyl (C=O) groups is 1. The van der Waals surface area contributed by atoms with Gasteiger partial charge in [0.1, 0.15) is 0 Å². The van der Waals surface area contributed by atoms with Gasteiger partial charge in [0.05, 0.1) is 21.3 Å². The third kappa shape index (κ3) is 4.53. The normalized spacial score (nSPS) is 11.7. The van der Waals surface area contributed by atoms with Crippen molar-refractivity contribution < 1.29 is 19.0 Å². The molecule has 0 spiro atoms. The van der Waals surface area contributed by atoms with Crippen LogP contribution in [0.25, 0.3) is 0 Å². The maximum Gasteiger partial charge on any atom is 0.223 e. The number of carbonyl (C=O) groups excluding carboxylic acids is 1. The molecule has 0 aliphatic carbocycles. The standard InChI is InChI=1S/C15H24N2O4/c1-10(5-6-16)15(18)17-9-11-7-12(19-2)14(21-4)13(8-11)20-3/h7-8,10H,5-6,9,16H2,1-4H3,(H,17,18). The highest BCUT2D eigenvalue weighted by molar-refractivity contribution is 5.78. The monoisotopic (exact) mass is 296 g/mol. The number of nitrogens with two attached hydrogens (primary N) is 1. The fourth-order valence-corrected chi connectivity index (χ4v) is 1.98. The van der Waals surface area contributed by atoms with Crippen LogP contribution in [0, 0.1) is 5.92 Å². The predicted octanol–water partition coefficient (Wildman–Crippen LogP) is 1.31. The molecule has 21 heavy (non-hydrogen) atoms. The van der Waals surface area contributed by atoms with E-state index in [1.165, 1.54) is 0 Å². The smallest absolute Gasteiger partial charge is 0.223 e. The summed E-state index contributed by atoms with van der Waals surface area (Å²) in [7, 11) is 4.67. The summed E-state index contributed by atoms with van der Waals surface area (Å²) < 4.78 is 15.8. The summed E-state index contributed by atoms with van der Waals surface area (Å²) in [5, 5.41) is 2.88. The van der Waals surface area contributed by atoms with Crippen LogP contribution in [-0.2, 0) is 11.3 Å². The molecule has 1 aromatic carbocycles. The topological polar surface area (TPSA) is 82.8 Å². The molecule has 1 rings (SSSR count). The number of benzene rings is 1. The van der Waals surface area contributed by atoms with Crippen molar-refractivity contribution in [1.82, 2.24) is 5.32 Å². The fraction of sp³-hybridized carbons (Fsp3) is 0.533. The van der Waals surface area contributed by atoms with Crippen LogP contribution in [0.4, 0.5) is 0 Å². The van der Waals surface area contributed by atoms with Gasteiger partial charge in [-0.3, -0.25) is 4.79 Å². The maximum atomic E-state index is 11.9. The fourth-order valence-electron chi connectivity index (χ4n) is 1.98. The van der Waals surface area contributed by atoms with Crippen molar-refractivity contribution in [2.75, 3.05) is 27.9 Å². The molecule has 1 aromatic rings. The van der Waals surface area contributed by atoms with E-state index in [4.69, 9.17) is 19.9 Å². The van der Waals surface area contributed by atoms with Crippen molar-refractivity contribution in [1.29, 1.82) is 0 Å². The number of nitrogens with one attached hydrogen (secondary N) is 1. The van der Waals surface area contributed by atoms with E-state index in [1.54, 1.807) is 21.3 Å². The lowest BCUT2D eigenvalue weighted by molar-refractivity contribution is -0.124. The van der Waals surface area contributed by atoms with Crippen LogP contribution in [0.5, 0.6) is 17.2 Å². The number of ether oxygens (including phenoxy) is 3. The van der Waals surface area contributed by atoms with Crippen LogP contribution in [0.15, 0.2) is 12.1 Å². The van der Waals surface area contributed by atoms with E-state index in [0.717, 1.165) is 5.56 Å². The maximum absolute atomic E-state index is 11.9. The van der Waals surface area contributed by atoms with Gasteiger partial charge in [-0.25, -0.2) is 0 Å².